The monoisotopic (exact) mass is 392 g/mol. The largest absolute Gasteiger partial charge is 0.443 e. The topological polar surface area (TPSA) is 109 Å². The molecule has 0 saturated carbocycles. The van der Waals surface area contributed by atoms with E-state index in [-0.39, 0.29) is 17.2 Å². The number of oxazole rings is 1. The number of aromatic nitrogens is 1. The zero-order valence-corrected chi connectivity index (χ0v) is 17.8. The number of amides is 1. The van der Waals surface area contributed by atoms with E-state index in [2.05, 4.69) is 46.3 Å². The van der Waals surface area contributed by atoms with Gasteiger partial charge < -0.3 is 25.7 Å². The molecule has 1 fully saturated rings. The molecule has 0 spiro atoms. The third-order valence-corrected chi connectivity index (χ3v) is 4.86. The Hall–Kier alpha value is -2.09. The smallest absolute Gasteiger partial charge is 0.221 e. The van der Waals surface area contributed by atoms with Gasteiger partial charge in [0, 0.05) is 25.0 Å². The number of likely N-dealkylation sites (tertiary alicyclic amines) is 1. The normalized spacial score (nSPS) is 18.9. The minimum atomic E-state index is -0.175. The SMILES string of the molecule is CCNC(=NCc1ncc(C(C)(C)C)o1)NCCCN1CCCC(C(N)=O)C1. The maximum atomic E-state index is 11.4. The fourth-order valence-corrected chi connectivity index (χ4v) is 3.22. The number of nitrogens with zero attached hydrogens (tertiary/aromatic N) is 3. The van der Waals surface area contributed by atoms with Crippen molar-refractivity contribution in [3.8, 4) is 0 Å². The molecular formula is C20H36N6O2. The van der Waals surface area contributed by atoms with E-state index in [4.69, 9.17) is 10.2 Å². The van der Waals surface area contributed by atoms with Gasteiger partial charge in [0.15, 0.2) is 5.96 Å². The number of hydrogen-bond donors (Lipinski definition) is 3. The molecule has 1 saturated heterocycles. The summed E-state index contributed by atoms with van der Waals surface area (Å²) >= 11 is 0. The van der Waals surface area contributed by atoms with Gasteiger partial charge in [-0.2, -0.15) is 0 Å². The van der Waals surface area contributed by atoms with Crippen LogP contribution in [0.3, 0.4) is 0 Å². The molecule has 158 valence electrons. The molecule has 8 nitrogen and oxygen atoms in total. The van der Waals surface area contributed by atoms with E-state index in [9.17, 15) is 4.79 Å². The van der Waals surface area contributed by atoms with Crippen molar-refractivity contribution in [1.29, 1.82) is 0 Å². The second-order valence-electron chi connectivity index (χ2n) is 8.39. The van der Waals surface area contributed by atoms with Gasteiger partial charge in [-0.1, -0.05) is 20.8 Å². The lowest BCUT2D eigenvalue weighted by molar-refractivity contribution is -0.123. The Bertz CT molecular complexity index is 649. The first-order chi connectivity index (χ1) is 13.3. The van der Waals surface area contributed by atoms with Crippen molar-refractivity contribution < 1.29 is 9.21 Å². The highest BCUT2D eigenvalue weighted by Crippen LogP contribution is 2.22. The summed E-state index contributed by atoms with van der Waals surface area (Å²) in [4.78, 5) is 22.6. The van der Waals surface area contributed by atoms with Crippen molar-refractivity contribution in [2.24, 2.45) is 16.6 Å². The summed E-state index contributed by atoms with van der Waals surface area (Å²) in [7, 11) is 0. The van der Waals surface area contributed by atoms with Crippen LogP contribution < -0.4 is 16.4 Å². The van der Waals surface area contributed by atoms with Crippen molar-refractivity contribution in [3.63, 3.8) is 0 Å². The zero-order valence-electron chi connectivity index (χ0n) is 17.8. The predicted molar refractivity (Wildman–Crippen MR) is 111 cm³/mol. The highest BCUT2D eigenvalue weighted by Gasteiger charge is 2.23. The van der Waals surface area contributed by atoms with Crippen molar-refractivity contribution in [2.75, 3.05) is 32.7 Å². The highest BCUT2D eigenvalue weighted by molar-refractivity contribution is 5.79. The van der Waals surface area contributed by atoms with Crippen LogP contribution in [0.5, 0.6) is 0 Å². The first-order valence-electron chi connectivity index (χ1n) is 10.3. The molecule has 0 aliphatic carbocycles. The number of hydrogen-bond acceptors (Lipinski definition) is 5. The Balaban J connectivity index is 1.77. The Morgan fingerprint density at radius 3 is 2.86 bits per heavy atom. The van der Waals surface area contributed by atoms with Gasteiger partial charge in [0.05, 0.1) is 12.1 Å². The quantitative estimate of drug-likeness (QED) is 0.352. The van der Waals surface area contributed by atoms with Crippen molar-refractivity contribution in [2.45, 2.75) is 58.9 Å². The number of carbonyl (C=O) groups is 1. The van der Waals surface area contributed by atoms with E-state index >= 15 is 0 Å². The number of nitrogens with one attached hydrogen (secondary N) is 2. The first-order valence-corrected chi connectivity index (χ1v) is 10.3. The number of aliphatic imine (C=N–C) groups is 1. The van der Waals surface area contributed by atoms with Gasteiger partial charge in [0.1, 0.15) is 12.3 Å². The van der Waals surface area contributed by atoms with Crippen LogP contribution >= 0.6 is 0 Å². The summed E-state index contributed by atoms with van der Waals surface area (Å²) in [5, 5.41) is 6.60. The van der Waals surface area contributed by atoms with Crippen molar-refractivity contribution in [3.05, 3.63) is 17.8 Å². The van der Waals surface area contributed by atoms with E-state index in [1.807, 2.05) is 6.92 Å². The number of guanidine groups is 1. The van der Waals surface area contributed by atoms with Crippen LogP contribution in [0.1, 0.15) is 58.6 Å². The standard InChI is InChI=1S/C20H36N6O2/c1-5-22-19(25-13-17-24-12-16(28-17)20(2,3)4)23-9-7-11-26-10-6-8-15(14-26)18(21)27/h12,15H,5-11,13-14H2,1-4H3,(H2,21,27)(H2,22,23,25). The molecule has 1 unspecified atom stereocenters. The van der Waals surface area contributed by atoms with E-state index in [1.54, 1.807) is 6.20 Å². The summed E-state index contributed by atoms with van der Waals surface area (Å²) in [5.41, 5.74) is 5.39. The van der Waals surface area contributed by atoms with Crippen LogP contribution in [0.4, 0.5) is 0 Å². The number of carbonyl (C=O) groups excluding carboxylic acids is 1. The molecule has 1 atom stereocenters. The lowest BCUT2D eigenvalue weighted by atomic mass is 9.94. The lowest BCUT2D eigenvalue weighted by Gasteiger charge is -2.31. The average Bonchev–Trinajstić information content (AvgIpc) is 3.13. The fraction of sp³-hybridized carbons (Fsp3) is 0.750. The van der Waals surface area contributed by atoms with E-state index in [1.165, 1.54) is 0 Å². The molecule has 1 aliphatic heterocycles. The Morgan fingerprint density at radius 2 is 2.21 bits per heavy atom. The fourth-order valence-electron chi connectivity index (χ4n) is 3.22. The predicted octanol–water partition coefficient (Wildman–Crippen LogP) is 1.61. The molecule has 1 aliphatic rings. The molecular weight excluding hydrogens is 356 g/mol. The molecule has 2 heterocycles. The van der Waals surface area contributed by atoms with Crippen LogP contribution in [-0.2, 0) is 16.8 Å². The highest BCUT2D eigenvalue weighted by atomic mass is 16.4. The minimum Gasteiger partial charge on any atom is -0.443 e. The number of primary amides is 1. The van der Waals surface area contributed by atoms with Gasteiger partial charge >= 0.3 is 0 Å². The maximum absolute atomic E-state index is 11.4. The lowest BCUT2D eigenvalue weighted by Crippen LogP contribution is -2.43. The summed E-state index contributed by atoms with van der Waals surface area (Å²) < 4.78 is 5.79. The van der Waals surface area contributed by atoms with E-state index < -0.39 is 0 Å². The second kappa shape index (κ2) is 10.5. The molecule has 8 heteroatoms. The molecule has 1 aromatic heterocycles. The molecule has 4 N–H and O–H groups in total. The molecule has 1 aromatic rings. The molecule has 1 amide bonds. The number of piperidine rings is 1. The average molecular weight is 393 g/mol. The molecule has 2 rings (SSSR count). The maximum Gasteiger partial charge on any atom is 0.221 e. The summed E-state index contributed by atoms with van der Waals surface area (Å²) in [6.07, 6.45) is 4.71. The van der Waals surface area contributed by atoms with Crippen LogP contribution in [0.2, 0.25) is 0 Å². The molecule has 0 aromatic carbocycles. The summed E-state index contributed by atoms with van der Waals surface area (Å²) in [6.45, 7) is 13.1. The molecule has 0 bridgehead atoms. The first kappa shape index (κ1) is 22.2. The summed E-state index contributed by atoms with van der Waals surface area (Å²) in [6, 6.07) is 0. The van der Waals surface area contributed by atoms with Gasteiger partial charge in [-0.15, -0.1) is 0 Å². The van der Waals surface area contributed by atoms with Crippen LogP contribution in [0.25, 0.3) is 0 Å². The zero-order chi connectivity index (χ0) is 20.6. The molecule has 0 radical (unpaired) electrons. The van der Waals surface area contributed by atoms with Gasteiger partial charge in [-0.05, 0) is 39.3 Å². The molecule has 28 heavy (non-hydrogen) atoms. The van der Waals surface area contributed by atoms with Crippen LogP contribution in [-0.4, -0.2) is 54.5 Å². The van der Waals surface area contributed by atoms with Gasteiger partial charge in [-0.3, -0.25) is 4.79 Å². The second-order valence-corrected chi connectivity index (χ2v) is 8.39. The Morgan fingerprint density at radius 1 is 1.43 bits per heavy atom. The number of rotatable bonds is 8. The van der Waals surface area contributed by atoms with Crippen molar-refractivity contribution >= 4 is 11.9 Å². The minimum absolute atomic E-state index is 0.000578. The third-order valence-electron chi connectivity index (χ3n) is 4.86. The Kier molecular flexibility index (Phi) is 8.29. The van der Waals surface area contributed by atoms with Gasteiger partial charge in [-0.25, -0.2) is 9.98 Å². The van der Waals surface area contributed by atoms with Crippen LogP contribution in [0, 0.1) is 5.92 Å². The third kappa shape index (κ3) is 7.14. The van der Waals surface area contributed by atoms with Gasteiger partial charge in [0.25, 0.3) is 0 Å². The summed E-state index contributed by atoms with van der Waals surface area (Å²) in [5.74, 6) is 2.07. The van der Waals surface area contributed by atoms with Crippen LogP contribution in [0.15, 0.2) is 15.6 Å². The van der Waals surface area contributed by atoms with E-state index in [0.717, 1.165) is 63.7 Å². The van der Waals surface area contributed by atoms with Crippen molar-refractivity contribution in [1.82, 2.24) is 20.5 Å². The van der Waals surface area contributed by atoms with Gasteiger partial charge in [0.2, 0.25) is 11.8 Å². The number of nitrogens with two attached hydrogens (primary N) is 1. The Labute approximate surface area is 168 Å². The van der Waals surface area contributed by atoms with E-state index in [0.29, 0.717) is 12.4 Å².